The monoisotopic (exact) mass is 255 g/mol. The molecule has 0 aromatic heterocycles. The quantitative estimate of drug-likeness (QED) is 0.836. The first-order valence-corrected chi connectivity index (χ1v) is 5.61. The molecule has 1 saturated carbocycles. The number of methoxy groups -OCH3 is 2. The highest BCUT2D eigenvalue weighted by molar-refractivity contribution is 6.30. The minimum absolute atomic E-state index is 0.0939. The predicted molar refractivity (Wildman–Crippen MR) is 64.3 cm³/mol. The zero-order chi connectivity index (χ0) is 12.6. The van der Waals surface area contributed by atoms with Crippen LogP contribution in [0.5, 0.6) is 5.75 Å². The summed E-state index contributed by atoms with van der Waals surface area (Å²) >= 11 is 5.94. The summed E-state index contributed by atoms with van der Waals surface area (Å²) in [5.74, 6) is 0.198. The second kappa shape index (κ2) is 4.20. The van der Waals surface area contributed by atoms with Crippen LogP contribution in [0, 0.1) is 0 Å². The average Bonchev–Trinajstić information content (AvgIpc) is 3.02. The van der Waals surface area contributed by atoms with Crippen LogP contribution in [0.3, 0.4) is 0 Å². The maximum atomic E-state index is 11.5. The van der Waals surface area contributed by atoms with Crippen LogP contribution in [-0.4, -0.2) is 25.7 Å². The Morgan fingerprint density at radius 3 is 2.82 bits per heavy atom. The summed E-state index contributed by atoms with van der Waals surface area (Å²) < 4.78 is 9.94. The van der Waals surface area contributed by atoms with Gasteiger partial charge in [0.1, 0.15) is 11.3 Å². The molecule has 1 aliphatic rings. The SMILES string of the molecule is COC(=O)C1(N)CC1c1cc(Cl)ccc1OC. The van der Waals surface area contributed by atoms with Gasteiger partial charge >= 0.3 is 5.97 Å². The van der Waals surface area contributed by atoms with E-state index in [0.29, 0.717) is 17.2 Å². The fourth-order valence-corrected chi connectivity index (χ4v) is 2.24. The lowest BCUT2D eigenvalue weighted by atomic mass is 10.1. The molecule has 17 heavy (non-hydrogen) atoms. The van der Waals surface area contributed by atoms with Crippen molar-refractivity contribution in [1.29, 1.82) is 0 Å². The minimum Gasteiger partial charge on any atom is -0.496 e. The van der Waals surface area contributed by atoms with E-state index in [4.69, 9.17) is 26.8 Å². The standard InChI is InChI=1S/C12H14ClNO3/c1-16-10-4-3-7(13)5-8(10)9-6-12(9,14)11(15)17-2/h3-5,9H,6,14H2,1-2H3. The smallest absolute Gasteiger partial charge is 0.326 e. The van der Waals surface area contributed by atoms with E-state index in [-0.39, 0.29) is 5.92 Å². The molecule has 2 unspecified atom stereocenters. The number of carbonyl (C=O) groups excluding carboxylic acids is 1. The maximum Gasteiger partial charge on any atom is 0.326 e. The number of benzene rings is 1. The molecule has 2 N–H and O–H groups in total. The third-order valence-electron chi connectivity index (χ3n) is 3.14. The van der Waals surface area contributed by atoms with E-state index in [0.717, 1.165) is 5.56 Å². The van der Waals surface area contributed by atoms with E-state index in [2.05, 4.69) is 0 Å². The topological polar surface area (TPSA) is 61.5 Å². The van der Waals surface area contributed by atoms with E-state index in [9.17, 15) is 4.79 Å². The molecule has 4 nitrogen and oxygen atoms in total. The van der Waals surface area contributed by atoms with Gasteiger partial charge in [0.05, 0.1) is 14.2 Å². The highest BCUT2D eigenvalue weighted by atomic mass is 35.5. The Balaban J connectivity index is 2.31. The summed E-state index contributed by atoms with van der Waals surface area (Å²) in [5.41, 5.74) is 5.89. The van der Waals surface area contributed by atoms with Crippen molar-refractivity contribution in [2.75, 3.05) is 14.2 Å². The molecule has 5 heteroatoms. The van der Waals surface area contributed by atoms with Gasteiger partial charge in [0.25, 0.3) is 0 Å². The molecule has 0 aliphatic heterocycles. The molecule has 0 amide bonds. The van der Waals surface area contributed by atoms with E-state index < -0.39 is 11.5 Å². The van der Waals surface area contributed by atoms with Crippen molar-refractivity contribution in [2.45, 2.75) is 17.9 Å². The fraction of sp³-hybridized carbons (Fsp3) is 0.417. The normalized spacial score (nSPS) is 26.5. The van der Waals surface area contributed by atoms with Gasteiger partial charge < -0.3 is 15.2 Å². The molecular formula is C12H14ClNO3. The van der Waals surface area contributed by atoms with Crippen LogP contribution in [0.1, 0.15) is 17.9 Å². The molecule has 0 heterocycles. The van der Waals surface area contributed by atoms with Crippen molar-refractivity contribution in [3.63, 3.8) is 0 Å². The van der Waals surface area contributed by atoms with Gasteiger partial charge in [-0.3, -0.25) is 4.79 Å². The third kappa shape index (κ3) is 1.98. The van der Waals surface area contributed by atoms with Crippen LogP contribution in [0.2, 0.25) is 5.02 Å². The molecule has 1 fully saturated rings. The van der Waals surface area contributed by atoms with Crippen LogP contribution < -0.4 is 10.5 Å². The molecule has 1 aromatic carbocycles. The number of esters is 1. The molecule has 2 atom stereocenters. The van der Waals surface area contributed by atoms with Gasteiger partial charge in [-0.1, -0.05) is 11.6 Å². The summed E-state index contributed by atoms with van der Waals surface area (Å²) in [6, 6.07) is 5.29. The average molecular weight is 256 g/mol. The van der Waals surface area contributed by atoms with Crippen molar-refractivity contribution < 1.29 is 14.3 Å². The lowest BCUT2D eigenvalue weighted by molar-refractivity contribution is -0.143. The van der Waals surface area contributed by atoms with Crippen LogP contribution in [0.15, 0.2) is 18.2 Å². The second-order valence-electron chi connectivity index (χ2n) is 4.17. The van der Waals surface area contributed by atoms with Crippen molar-refractivity contribution >= 4 is 17.6 Å². The summed E-state index contributed by atoms with van der Waals surface area (Å²) in [7, 11) is 2.91. The second-order valence-corrected chi connectivity index (χ2v) is 4.61. The predicted octanol–water partition coefficient (Wildman–Crippen LogP) is 1.71. The van der Waals surface area contributed by atoms with Crippen molar-refractivity contribution in [2.24, 2.45) is 5.73 Å². The van der Waals surface area contributed by atoms with Crippen molar-refractivity contribution in [3.8, 4) is 5.75 Å². The molecule has 0 saturated heterocycles. The maximum absolute atomic E-state index is 11.5. The van der Waals surface area contributed by atoms with Gasteiger partial charge in [-0.25, -0.2) is 0 Å². The van der Waals surface area contributed by atoms with Gasteiger partial charge in [-0.2, -0.15) is 0 Å². The first-order valence-electron chi connectivity index (χ1n) is 5.23. The number of hydrogen-bond acceptors (Lipinski definition) is 4. The molecule has 0 bridgehead atoms. The van der Waals surface area contributed by atoms with Crippen LogP contribution in [0.4, 0.5) is 0 Å². The number of rotatable bonds is 3. The number of hydrogen-bond donors (Lipinski definition) is 1. The Morgan fingerprint density at radius 2 is 2.24 bits per heavy atom. The molecular weight excluding hydrogens is 242 g/mol. The van der Waals surface area contributed by atoms with E-state index in [1.165, 1.54) is 7.11 Å². The van der Waals surface area contributed by atoms with Gasteiger partial charge in [0.15, 0.2) is 0 Å². The fourth-order valence-electron chi connectivity index (χ4n) is 2.06. The Hall–Kier alpha value is -1.26. The third-order valence-corrected chi connectivity index (χ3v) is 3.37. The molecule has 1 aliphatic carbocycles. The van der Waals surface area contributed by atoms with E-state index in [1.54, 1.807) is 25.3 Å². The Labute approximate surface area is 105 Å². The van der Waals surface area contributed by atoms with Crippen molar-refractivity contribution in [1.82, 2.24) is 0 Å². The highest BCUT2D eigenvalue weighted by Gasteiger charge is 2.59. The first kappa shape index (κ1) is 12.2. The lowest BCUT2D eigenvalue weighted by Gasteiger charge is -2.12. The van der Waals surface area contributed by atoms with Gasteiger partial charge in [-0.15, -0.1) is 0 Å². The van der Waals surface area contributed by atoms with E-state index >= 15 is 0 Å². The van der Waals surface area contributed by atoms with Gasteiger partial charge in [0.2, 0.25) is 0 Å². The van der Waals surface area contributed by atoms with Crippen LogP contribution in [0.25, 0.3) is 0 Å². The van der Waals surface area contributed by atoms with Crippen molar-refractivity contribution in [3.05, 3.63) is 28.8 Å². The van der Waals surface area contributed by atoms with Crippen LogP contribution >= 0.6 is 11.6 Å². The zero-order valence-electron chi connectivity index (χ0n) is 9.70. The summed E-state index contributed by atoms with van der Waals surface area (Å²) in [6.45, 7) is 0. The summed E-state index contributed by atoms with van der Waals surface area (Å²) in [4.78, 5) is 11.5. The molecule has 92 valence electrons. The van der Waals surface area contributed by atoms with Gasteiger partial charge in [-0.05, 0) is 24.6 Å². The van der Waals surface area contributed by atoms with E-state index in [1.807, 2.05) is 0 Å². The lowest BCUT2D eigenvalue weighted by Crippen LogP contribution is -2.36. The minimum atomic E-state index is -0.938. The number of halogens is 1. The Morgan fingerprint density at radius 1 is 1.53 bits per heavy atom. The molecule has 1 aromatic rings. The largest absolute Gasteiger partial charge is 0.496 e. The van der Waals surface area contributed by atoms with Crippen LogP contribution in [-0.2, 0) is 9.53 Å². The zero-order valence-corrected chi connectivity index (χ0v) is 10.5. The highest BCUT2D eigenvalue weighted by Crippen LogP contribution is 2.53. The Bertz CT molecular complexity index is 463. The number of ether oxygens (including phenoxy) is 2. The first-order chi connectivity index (χ1) is 8.02. The number of carbonyl (C=O) groups is 1. The molecule has 0 spiro atoms. The molecule has 0 radical (unpaired) electrons. The summed E-state index contributed by atoms with van der Waals surface area (Å²) in [5, 5.41) is 0.597. The molecule has 2 rings (SSSR count). The summed E-state index contributed by atoms with van der Waals surface area (Å²) in [6.07, 6.45) is 0.552. The van der Waals surface area contributed by atoms with Gasteiger partial charge in [0, 0.05) is 16.5 Å². The number of nitrogens with two attached hydrogens (primary N) is 1. The Kier molecular flexibility index (Phi) is 3.02.